The lowest BCUT2D eigenvalue weighted by atomic mass is 10.2. The standard InChI is InChI=1S/C20H32N4O3.HI/c1-24(2)19(25)14-22-20(23-17-6-4-5-7-17)21-12-13-27-15-16-8-10-18(26-3)11-9-16;/h8-11,17H,4-7,12-15H2,1-3H3,(H2,21,22,23);1H. The van der Waals surface area contributed by atoms with E-state index in [9.17, 15) is 4.79 Å². The normalized spacial score (nSPS) is 14.3. The third-order valence-electron chi connectivity index (χ3n) is 4.53. The van der Waals surface area contributed by atoms with Crippen molar-refractivity contribution in [2.24, 2.45) is 4.99 Å². The van der Waals surface area contributed by atoms with Crippen LogP contribution in [0.4, 0.5) is 0 Å². The van der Waals surface area contributed by atoms with Gasteiger partial charge in [-0.25, -0.2) is 4.99 Å². The average molecular weight is 504 g/mol. The number of carbonyl (C=O) groups excluding carboxylic acids is 1. The lowest BCUT2D eigenvalue weighted by molar-refractivity contribution is -0.127. The van der Waals surface area contributed by atoms with Crippen molar-refractivity contribution in [3.05, 3.63) is 29.8 Å². The fourth-order valence-corrected chi connectivity index (χ4v) is 2.86. The van der Waals surface area contributed by atoms with Gasteiger partial charge in [0.15, 0.2) is 5.96 Å². The van der Waals surface area contributed by atoms with Crippen LogP contribution in [0.25, 0.3) is 0 Å². The summed E-state index contributed by atoms with van der Waals surface area (Å²) in [6.45, 7) is 1.87. The second-order valence-electron chi connectivity index (χ2n) is 6.91. The Morgan fingerprint density at radius 3 is 2.50 bits per heavy atom. The maximum atomic E-state index is 11.8. The minimum atomic E-state index is -0.0155. The molecule has 28 heavy (non-hydrogen) atoms. The van der Waals surface area contributed by atoms with Gasteiger partial charge in [0.2, 0.25) is 5.91 Å². The molecule has 158 valence electrons. The monoisotopic (exact) mass is 504 g/mol. The molecule has 1 aliphatic rings. The van der Waals surface area contributed by atoms with Crippen molar-refractivity contribution in [2.45, 2.75) is 38.3 Å². The van der Waals surface area contributed by atoms with E-state index >= 15 is 0 Å². The Balaban J connectivity index is 0.00000392. The summed E-state index contributed by atoms with van der Waals surface area (Å²) in [5.74, 6) is 1.51. The van der Waals surface area contributed by atoms with Crippen molar-refractivity contribution in [1.29, 1.82) is 0 Å². The highest BCUT2D eigenvalue weighted by Crippen LogP contribution is 2.17. The number of guanidine groups is 1. The van der Waals surface area contributed by atoms with Crippen molar-refractivity contribution < 1.29 is 14.3 Å². The summed E-state index contributed by atoms with van der Waals surface area (Å²) >= 11 is 0. The highest BCUT2D eigenvalue weighted by molar-refractivity contribution is 14.0. The quantitative estimate of drug-likeness (QED) is 0.234. The molecule has 7 nitrogen and oxygen atoms in total. The first-order valence-corrected chi connectivity index (χ1v) is 9.54. The van der Waals surface area contributed by atoms with Gasteiger partial charge in [-0.3, -0.25) is 4.79 Å². The van der Waals surface area contributed by atoms with Crippen LogP contribution in [0.3, 0.4) is 0 Å². The molecule has 0 radical (unpaired) electrons. The third kappa shape index (κ3) is 9.09. The number of halogens is 1. The first-order valence-electron chi connectivity index (χ1n) is 9.54. The van der Waals surface area contributed by atoms with Crippen LogP contribution in [0.1, 0.15) is 31.2 Å². The van der Waals surface area contributed by atoms with Gasteiger partial charge in [-0.05, 0) is 30.5 Å². The summed E-state index contributed by atoms with van der Waals surface area (Å²) in [5.41, 5.74) is 1.10. The number of nitrogens with one attached hydrogen (secondary N) is 2. The zero-order valence-electron chi connectivity index (χ0n) is 17.1. The molecule has 1 fully saturated rings. The van der Waals surface area contributed by atoms with Gasteiger partial charge in [0, 0.05) is 26.7 Å². The summed E-state index contributed by atoms with van der Waals surface area (Å²) in [5, 5.41) is 6.70. The molecule has 1 saturated carbocycles. The Labute approximate surface area is 185 Å². The van der Waals surface area contributed by atoms with Gasteiger partial charge in [0.1, 0.15) is 12.3 Å². The van der Waals surface area contributed by atoms with Crippen molar-refractivity contribution in [3.63, 3.8) is 0 Å². The SMILES string of the molecule is COc1ccc(COCCNC(=NCC(=O)N(C)C)NC2CCCC2)cc1.I. The molecule has 1 aliphatic carbocycles. The lowest BCUT2D eigenvalue weighted by Crippen LogP contribution is -2.44. The molecule has 0 heterocycles. The molecule has 2 rings (SSSR count). The minimum Gasteiger partial charge on any atom is -0.497 e. The average Bonchev–Trinajstić information content (AvgIpc) is 3.18. The molecule has 0 unspecified atom stereocenters. The van der Waals surface area contributed by atoms with Crippen molar-refractivity contribution in [2.75, 3.05) is 40.9 Å². The number of hydrogen-bond acceptors (Lipinski definition) is 4. The van der Waals surface area contributed by atoms with Gasteiger partial charge in [-0.15, -0.1) is 24.0 Å². The molecule has 0 bridgehead atoms. The third-order valence-corrected chi connectivity index (χ3v) is 4.53. The predicted molar refractivity (Wildman–Crippen MR) is 122 cm³/mol. The van der Waals surface area contributed by atoms with E-state index in [4.69, 9.17) is 9.47 Å². The highest BCUT2D eigenvalue weighted by atomic mass is 127. The topological polar surface area (TPSA) is 75.2 Å². The highest BCUT2D eigenvalue weighted by Gasteiger charge is 2.16. The minimum absolute atomic E-state index is 0. The van der Waals surface area contributed by atoms with Crippen LogP contribution < -0.4 is 15.4 Å². The summed E-state index contributed by atoms with van der Waals surface area (Å²) in [6, 6.07) is 8.27. The number of methoxy groups -OCH3 is 1. The molecule has 0 spiro atoms. The zero-order valence-corrected chi connectivity index (χ0v) is 19.4. The van der Waals surface area contributed by atoms with Crippen molar-refractivity contribution in [1.82, 2.24) is 15.5 Å². The van der Waals surface area contributed by atoms with E-state index in [1.54, 1.807) is 26.1 Å². The first-order chi connectivity index (χ1) is 13.1. The van der Waals surface area contributed by atoms with Gasteiger partial charge in [0.05, 0.1) is 20.3 Å². The van der Waals surface area contributed by atoms with Crippen molar-refractivity contribution in [3.8, 4) is 5.75 Å². The van der Waals surface area contributed by atoms with Gasteiger partial charge in [-0.1, -0.05) is 25.0 Å². The Morgan fingerprint density at radius 2 is 1.89 bits per heavy atom. The van der Waals surface area contributed by atoms with Crippen LogP contribution in [0, 0.1) is 0 Å². The molecule has 2 N–H and O–H groups in total. The summed E-state index contributed by atoms with van der Waals surface area (Å²) < 4.78 is 10.9. The summed E-state index contributed by atoms with van der Waals surface area (Å²) in [4.78, 5) is 17.8. The number of carbonyl (C=O) groups is 1. The van der Waals surface area contributed by atoms with Crippen molar-refractivity contribution >= 4 is 35.8 Å². The molecule has 8 heteroatoms. The fraction of sp³-hybridized carbons (Fsp3) is 0.600. The van der Waals surface area contributed by atoms with Crippen LogP contribution in [0.2, 0.25) is 0 Å². The molecule has 1 aromatic carbocycles. The van der Waals surface area contributed by atoms with E-state index in [0.29, 0.717) is 31.8 Å². The van der Waals surface area contributed by atoms with Crippen LogP contribution in [0.5, 0.6) is 5.75 Å². The number of likely N-dealkylation sites (N-methyl/N-ethyl adjacent to an activating group) is 1. The van der Waals surface area contributed by atoms with Crippen LogP contribution >= 0.6 is 24.0 Å². The van der Waals surface area contributed by atoms with Gasteiger partial charge in [-0.2, -0.15) is 0 Å². The number of aliphatic imine (C=N–C) groups is 1. The molecule has 0 atom stereocenters. The smallest absolute Gasteiger partial charge is 0.243 e. The number of amides is 1. The Hall–Kier alpha value is -1.55. The second-order valence-corrected chi connectivity index (χ2v) is 6.91. The molecule has 0 aliphatic heterocycles. The lowest BCUT2D eigenvalue weighted by Gasteiger charge is -2.18. The predicted octanol–water partition coefficient (Wildman–Crippen LogP) is 2.40. The maximum absolute atomic E-state index is 11.8. The van der Waals surface area contributed by atoms with E-state index in [1.807, 2.05) is 24.3 Å². The Morgan fingerprint density at radius 1 is 1.21 bits per heavy atom. The molecular weight excluding hydrogens is 471 g/mol. The number of nitrogens with zero attached hydrogens (tertiary/aromatic N) is 2. The molecule has 1 aromatic rings. The molecule has 0 saturated heterocycles. The van der Waals surface area contributed by atoms with Crippen LogP contribution in [-0.4, -0.2) is 63.7 Å². The second kappa shape index (κ2) is 13.6. The van der Waals surface area contributed by atoms with Gasteiger partial charge >= 0.3 is 0 Å². The maximum Gasteiger partial charge on any atom is 0.243 e. The Kier molecular flexibility index (Phi) is 11.9. The summed E-state index contributed by atoms with van der Waals surface area (Å²) in [6.07, 6.45) is 4.78. The number of benzene rings is 1. The number of hydrogen-bond donors (Lipinski definition) is 2. The molecule has 1 amide bonds. The van der Waals surface area contributed by atoms with E-state index in [2.05, 4.69) is 15.6 Å². The molecule has 0 aromatic heterocycles. The van der Waals surface area contributed by atoms with E-state index in [-0.39, 0.29) is 36.4 Å². The number of rotatable bonds is 9. The van der Waals surface area contributed by atoms with E-state index < -0.39 is 0 Å². The summed E-state index contributed by atoms with van der Waals surface area (Å²) in [7, 11) is 5.13. The van der Waals surface area contributed by atoms with E-state index in [0.717, 1.165) is 24.2 Å². The molecular formula is C20H33IN4O3. The first kappa shape index (κ1) is 24.5. The van der Waals surface area contributed by atoms with Gasteiger partial charge < -0.3 is 25.0 Å². The fourth-order valence-electron chi connectivity index (χ4n) is 2.86. The van der Waals surface area contributed by atoms with Gasteiger partial charge in [0.25, 0.3) is 0 Å². The van der Waals surface area contributed by atoms with Crippen LogP contribution in [-0.2, 0) is 16.1 Å². The largest absolute Gasteiger partial charge is 0.497 e. The Bertz CT molecular complexity index is 602. The van der Waals surface area contributed by atoms with Crippen LogP contribution in [0.15, 0.2) is 29.3 Å². The van der Waals surface area contributed by atoms with E-state index in [1.165, 1.54) is 12.8 Å². The zero-order chi connectivity index (χ0) is 19.5. The number of ether oxygens (including phenoxy) is 2.